The molecular weight excluding hydrogens is 458 g/mol. The minimum absolute atomic E-state index is 0.0156. The van der Waals surface area contributed by atoms with Crippen molar-refractivity contribution in [3.05, 3.63) is 65.9 Å². The van der Waals surface area contributed by atoms with Crippen molar-refractivity contribution in [1.29, 1.82) is 0 Å². The zero-order valence-electron chi connectivity index (χ0n) is 20.4. The number of carbonyl (C=O) groups is 2. The summed E-state index contributed by atoms with van der Waals surface area (Å²) in [5.41, 5.74) is 3.62. The summed E-state index contributed by atoms with van der Waals surface area (Å²) in [6.07, 6.45) is 2.90. The van der Waals surface area contributed by atoms with E-state index < -0.39 is 5.97 Å². The maximum Gasteiger partial charge on any atom is 0.320 e. The molecule has 0 spiro atoms. The number of amides is 2. The van der Waals surface area contributed by atoms with Crippen molar-refractivity contribution in [3.8, 4) is 17.0 Å². The van der Waals surface area contributed by atoms with Crippen LogP contribution in [0.1, 0.15) is 36.9 Å². The monoisotopic (exact) mass is 489 g/mol. The van der Waals surface area contributed by atoms with Crippen LogP contribution >= 0.6 is 0 Å². The second-order valence-corrected chi connectivity index (χ2v) is 9.59. The number of carbonyl (C=O) groups excluding carboxylic acids is 1. The summed E-state index contributed by atoms with van der Waals surface area (Å²) in [6, 6.07) is 17.7. The van der Waals surface area contributed by atoms with Crippen LogP contribution in [-0.2, 0) is 24.9 Å². The quantitative estimate of drug-likeness (QED) is 0.514. The molecule has 1 aliphatic carbocycles. The molecule has 2 heterocycles. The largest absolute Gasteiger partial charge is 0.490 e. The van der Waals surface area contributed by atoms with Gasteiger partial charge in [0.15, 0.2) is 0 Å². The smallest absolute Gasteiger partial charge is 0.320 e. The number of rotatable bonds is 8. The van der Waals surface area contributed by atoms with Gasteiger partial charge in [0.1, 0.15) is 11.4 Å². The van der Waals surface area contributed by atoms with Crippen LogP contribution in [0.5, 0.6) is 5.75 Å². The van der Waals surface area contributed by atoms with Crippen LogP contribution in [0.2, 0.25) is 0 Å². The van der Waals surface area contributed by atoms with E-state index >= 15 is 0 Å². The van der Waals surface area contributed by atoms with E-state index in [-0.39, 0.29) is 18.1 Å². The Labute approximate surface area is 210 Å². The SMILES string of the molecule is Cn1nnc(-c2ccc(O[C@H]3CCC[C@H](C(=O)O)C3)cc2)c1CN1CCN(Cc2ccccc2)C1=O. The minimum Gasteiger partial charge on any atom is -0.490 e. The summed E-state index contributed by atoms with van der Waals surface area (Å²) in [6.45, 7) is 2.37. The van der Waals surface area contributed by atoms with Gasteiger partial charge in [-0.1, -0.05) is 35.5 Å². The lowest BCUT2D eigenvalue weighted by Gasteiger charge is -2.27. The molecule has 36 heavy (non-hydrogen) atoms. The molecule has 2 aromatic carbocycles. The molecule has 1 aliphatic heterocycles. The van der Waals surface area contributed by atoms with Gasteiger partial charge in [-0.15, -0.1) is 5.10 Å². The van der Waals surface area contributed by atoms with Crippen molar-refractivity contribution in [2.24, 2.45) is 13.0 Å². The van der Waals surface area contributed by atoms with Gasteiger partial charge in [0.05, 0.1) is 24.3 Å². The molecule has 1 saturated carbocycles. The molecule has 1 saturated heterocycles. The highest BCUT2D eigenvalue weighted by molar-refractivity contribution is 5.77. The molecule has 0 unspecified atom stereocenters. The van der Waals surface area contributed by atoms with Gasteiger partial charge in [-0.05, 0) is 55.5 Å². The van der Waals surface area contributed by atoms with Gasteiger partial charge >= 0.3 is 12.0 Å². The van der Waals surface area contributed by atoms with Gasteiger partial charge in [0, 0.05) is 32.2 Å². The van der Waals surface area contributed by atoms with Crippen LogP contribution in [0.25, 0.3) is 11.3 Å². The molecule has 0 bridgehead atoms. The number of ether oxygens (including phenoxy) is 1. The number of aliphatic carboxylic acids is 1. The molecule has 1 N–H and O–H groups in total. The zero-order valence-corrected chi connectivity index (χ0v) is 20.4. The second kappa shape index (κ2) is 10.4. The van der Waals surface area contributed by atoms with Gasteiger partial charge in [0.25, 0.3) is 0 Å². The van der Waals surface area contributed by atoms with Crippen molar-refractivity contribution in [1.82, 2.24) is 24.8 Å². The average molecular weight is 490 g/mol. The van der Waals surface area contributed by atoms with Gasteiger partial charge in [0.2, 0.25) is 0 Å². The van der Waals surface area contributed by atoms with E-state index in [9.17, 15) is 14.7 Å². The van der Waals surface area contributed by atoms with Gasteiger partial charge in [-0.2, -0.15) is 0 Å². The minimum atomic E-state index is -0.742. The molecular formula is C27H31N5O4. The summed E-state index contributed by atoms with van der Waals surface area (Å²) in [7, 11) is 1.84. The van der Waals surface area contributed by atoms with Crippen molar-refractivity contribution in [3.63, 3.8) is 0 Å². The predicted octanol–water partition coefficient (Wildman–Crippen LogP) is 3.94. The molecule has 188 valence electrons. The van der Waals surface area contributed by atoms with Crippen LogP contribution in [0.3, 0.4) is 0 Å². The van der Waals surface area contributed by atoms with E-state index in [0.29, 0.717) is 44.8 Å². The molecule has 1 aromatic heterocycles. The molecule has 2 amide bonds. The van der Waals surface area contributed by atoms with Gasteiger partial charge < -0.3 is 19.6 Å². The summed E-state index contributed by atoms with van der Waals surface area (Å²) in [5, 5.41) is 17.9. The van der Waals surface area contributed by atoms with E-state index in [1.807, 2.05) is 71.4 Å². The van der Waals surface area contributed by atoms with Crippen molar-refractivity contribution in [2.45, 2.75) is 44.9 Å². The van der Waals surface area contributed by atoms with Crippen LogP contribution < -0.4 is 4.74 Å². The first-order valence-electron chi connectivity index (χ1n) is 12.4. The first kappa shape index (κ1) is 23.8. The molecule has 2 atom stereocenters. The van der Waals surface area contributed by atoms with Crippen molar-refractivity contribution in [2.75, 3.05) is 13.1 Å². The van der Waals surface area contributed by atoms with Crippen molar-refractivity contribution >= 4 is 12.0 Å². The number of carboxylic acids is 1. The van der Waals surface area contributed by atoms with Crippen LogP contribution in [0.15, 0.2) is 54.6 Å². The maximum absolute atomic E-state index is 13.0. The Morgan fingerprint density at radius 3 is 2.47 bits per heavy atom. The third kappa shape index (κ3) is 5.19. The van der Waals surface area contributed by atoms with Crippen molar-refractivity contribution < 1.29 is 19.4 Å². The van der Waals surface area contributed by atoms with Gasteiger partial charge in [-0.25, -0.2) is 9.48 Å². The Balaban J connectivity index is 1.24. The number of urea groups is 1. The Kier molecular flexibility index (Phi) is 6.88. The Morgan fingerprint density at radius 1 is 1.03 bits per heavy atom. The number of nitrogens with zero attached hydrogens (tertiary/aromatic N) is 5. The number of aryl methyl sites for hydroxylation is 1. The van der Waals surface area contributed by atoms with Crippen LogP contribution in [0, 0.1) is 5.92 Å². The number of benzene rings is 2. The van der Waals surface area contributed by atoms with Gasteiger partial charge in [-0.3, -0.25) is 4.79 Å². The van der Waals surface area contributed by atoms with Crippen LogP contribution in [0.4, 0.5) is 4.79 Å². The summed E-state index contributed by atoms with van der Waals surface area (Å²) in [4.78, 5) is 28.1. The summed E-state index contributed by atoms with van der Waals surface area (Å²) < 4.78 is 7.80. The first-order chi connectivity index (χ1) is 17.5. The summed E-state index contributed by atoms with van der Waals surface area (Å²) in [5.74, 6) is -0.359. The molecule has 0 radical (unpaired) electrons. The summed E-state index contributed by atoms with van der Waals surface area (Å²) >= 11 is 0. The lowest BCUT2D eigenvalue weighted by molar-refractivity contribution is -0.143. The molecule has 9 heteroatoms. The molecule has 2 aliphatic rings. The van der Waals surface area contributed by atoms with E-state index in [2.05, 4.69) is 10.3 Å². The number of hydrogen-bond donors (Lipinski definition) is 1. The van der Waals surface area contributed by atoms with Crippen LogP contribution in [-0.4, -0.2) is 61.1 Å². The standard InChI is InChI=1S/C27H31N5O4/c1-30-24(18-32-15-14-31(27(32)35)17-19-6-3-2-4-7-19)25(28-29-30)20-10-12-22(13-11-20)36-23-9-5-8-21(16-23)26(33)34/h2-4,6-7,10-13,21,23H,5,8-9,14-18H2,1H3,(H,33,34)/t21-,23-/m0/s1. The Morgan fingerprint density at radius 2 is 1.75 bits per heavy atom. The third-order valence-electron chi connectivity index (χ3n) is 7.09. The lowest BCUT2D eigenvalue weighted by Crippen LogP contribution is -2.31. The Bertz CT molecular complexity index is 1210. The number of aromatic nitrogens is 3. The third-order valence-corrected chi connectivity index (χ3v) is 7.09. The molecule has 2 fully saturated rings. The zero-order chi connectivity index (χ0) is 25.1. The second-order valence-electron chi connectivity index (χ2n) is 9.59. The average Bonchev–Trinajstić information content (AvgIpc) is 3.43. The van der Waals surface area contributed by atoms with E-state index in [4.69, 9.17) is 4.74 Å². The number of hydrogen-bond acceptors (Lipinski definition) is 5. The van der Waals surface area contributed by atoms with E-state index in [1.54, 1.807) is 4.68 Å². The highest BCUT2D eigenvalue weighted by atomic mass is 16.5. The highest BCUT2D eigenvalue weighted by Gasteiger charge is 2.31. The molecule has 5 rings (SSSR count). The lowest BCUT2D eigenvalue weighted by atomic mass is 9.87. The first-order valence-corrected chi connectivity index (χ1v) is 12.4. The Hall–Kier alpha value is -3.88. The normalized spacial score (nSPS) is 20.1. The highest BCUT2D eigenvalue weighted by Crippen LogP contribution is 2.30. The maximum atomic E-state index is 13.0. The predicted molar refractivity (Wildman–Crippen MR) is 133 cm³/mol. The number of carboxylic acid groups (broad SMARTS) is 1. The van der Waals surface area contributed by atoms with E-state index in [0.717, 1.165) is 35.4 Å². The molecule has 3 aromatic rings. The topological polar surface area (TPSA) is 101 Å². The van der Waals surface area contributed by atoms with E-state index in [1.165, 1.54) is 0 Å². The fourth-order valence-electron chi connectivity index (χ4n) is 5.05. The molecule has 9 nitrogen and oxygen atoms in total. The fourth-order valence-corrected chi connectivity index (χ4v) is 5.05. The fraction of sp³-hybridized carbons (Fsp3) is 0.407.